The molecule has 5 rings (SSSR count). The van der Waals surface area contributed by atoms with Gasteiger partial charge in [0.2, 0.25) is 5.91 Å². The molecule has 3 aliphatic rings. The Hall–Kier alpha value is -2.67. The van der Waals surface area contributed by atoms with Crippen LogP contribution >= 0.6 is 0 Å². The highest BCUT2D eigenvalue weighted by Crippen LogP contribution is 2.29. The molecule has 2 fully saturated rings. The first-order valence-electron chi connectivity index (χ1n) is 12.5. The van der Waals surface area contributed by atoms with E-state index in [0.29, 0.717) is 50.8 Å². The molecule has 1 unspecified atom stereocenters. The molecule has 176 valence electrons. The third-order valence-electron chi connectivity index (χ3n) is 7.46. The average molecular weight is 451 g/mol. The third kappa shape index (κ3) is 4.98. The van der Waals surface area contributed by atoms with Gasteiger partial charge in [0, 0.05) is 25.0 Å². The molecule has 2 amide bonds. The summed E-state index contributed by atoms with van der Waals surface area (Å²) < 4.78 is 8.12. The van der Waals surface area contributed by atoms with E-state index < -0.39 is 0 Å². The Labute approximate surface area is 195 Å². The van der Waals surface area contributed by atoms with Gasteiger partial charge in [0.05, 0.1) is 25.2 Å². The van der Waals surface area contributed by atoms with Crippen LogP contribution in [0.15, 0.2) is 36.7 Å². The molecule has 0 bridgehead atoms. The zero-order chi connectivity index (χ0) is 22.6. The van der Waals surface area contributed by atoms with E-state index in [-0.39, 0.29) is 23.8 Å². The molecule has 1 saturated carbocycles. The molecule has 2 aromatic rings. The molecule has 7 heteroatoms. The Kier molecular flexibility index (Phi) is 6.76. The van der Waals surface area contributed by atoms with Gasteiger partial charge in [-0.15, -0.1) is 0 Å². The van der Waals surface area contributed by atoms with Crippen LogP contribution < -0.4 is 5.32 Å². The van der Waals surface area contributed by atoms with Crippen molar-refractivity contribution in [2.75, 3.05) is 13.1 Å². The Morgan fingerprint density at radius 3 is 2.42 bits per heavy atom. The van der Waals surface area contributed by atoms with Crippen LogP contribution in [0.25, 0.3) is 0 Å². The topological polar surface area (TPSA) is 76.5 Å². The number of carbonyl (C=O) groups is 2. The minimum atomic E-state index is -0.0480. The van der Waals surface area contributed by atoms with Crippen molar-refractivity contribution in [3.05, 3.63) is 53.6 Å². The summed E-state index contributed by atoms with van der Waals surface area (Å²) in [4.78, 5) is 32.3. The van der Waals surface area contributed by atoms with E-state index in [9.17, 15) is 9.59 Å². The zero-order valence-electron chi connectivity index (χ0n) is 19.2. The number of nitrogens with one attached hydrogen (secondary N) is 1. The number of aromatic nitrogens is 2. The number of imidazole rings is 1. The molecular formula is C26H34N4O3. The number of amides is 2. The first kappa shape index (κ1) is 22.1. The zero-order valence-corrected chi connectivity index (χ0v) is 19.2. The number of likely N-dealkylation sites (tertiary alicyclic amines) is 1. The van der Waals surface area contributed by atoms with Crippen LogP contribution in [-0.4, -0.2) is 45.4 Å². The number of nitrogens with zero attached hydrogens (tertiary/aromatic N) is 3. The van der Waals surface area contributed by atoms with E-state index in [4.69, 9.17) is 4.74 Å². The lowest BCUT2D eigenvalue weighted by molar-refractivity contribution is -0.127. The number of piperidine rings is 1. The van der Waals surface area contributed by atoms with Gasteiger partial charge in [0.15, 0.2) is 5.69 Å². The van der Waals surface area contributed by atoms with Gasteiger partial charge in [-0.3, -0.25) is 9.59 Å². The predicted octanol–water partition coefficient (Wildman–Crippen LogP) is 3.85. The third-order valence-corrected chi connectivity index (χ3v) is 7.46. The van der Waals surface area contributed by atoms with Crippen LogP contribution in [0.2, 0.25) is 0 Å². The molecule has 1 atom stereocenters. The molecule has 1 aromatic carbocycles. The van der Waals surface area contributed by atoms with Crippen LogP contribution in [-0.2, 0) is 22.7 Å². The van der Waals surface area contributed by atoms with Crippen molar-refractivity contribution in [1.29, 1.82) is 0 Å². The Balaban J connectivity index is 1.16. The van der Waals surface area contributed by atoms with Gasteiger partial charge in [0.25, 0.3) is 5.91 Å². The van der Waals surface area contributed by atoms with Gasteiger partial charge in [-0.05, 0) is 31.2 Å². The number of benzene rings is 1. The SMILES string of the molecule is O=C(NC1CCCCCC1)C1CCN(C(=O)c2ncn3c2COC(c2ccccc2)C3)CC1. The van der Waals surface area contributed by atoms with Crippen molar-refractivity contribution in [2.24, 2.45) is 5.92 Å². The van der Waals surface area contributed by atoms with Gasteiger partial charge in [-0.25, -0.2) is 4.98 Å². The van der Waals surface area contributed by atoms with Gasteiger partial charge in [-0.2, -0.15) is 0 Å². The van der Waals surface area contributed by atoms with Crippen molar-refractivity contribution in [1.82, 2.24) is 19.8 Å². The summed E-state index contributed by atoms with van der Waals surface area (Å²) in [6.45, 7) is 2.23. The molecule has 1 N–H and O–H groups in total. The van der Waals surface area contributed by atoms with E-state index in [0.717, 1.165) is 24.1 Å². The maximum atomic E-state index is 13.2. The summed E-state index contributed by atoms with van der Waals surface area (Å²) in [7, 11) is 0. The standard InChI is InChI=1S/C26H34N4O3/c31-25(28-21-10-6-1-2-7-11-21)20-12-14-29(15-13-20)26(32)24-22-17-33-23(16-30(22)18-27-24)19-8-4-3-5-9-19/h3-5,8-9,18,20-21,23H,1-2,6-7,10-17H2,(H,28,31). The fourth-order valence-electron chi connectivity index (χ4n) is 5.41. The Morgan fingerprint density at radius 2 is 1.70 bits per heavy atom. The molecule has 33 heavy (non-hydrogen) atoms. The molecule has 0 radical (unpaired) electrons. The first-order valence-corrected chi connectivity index (χ1v) is 12.5. The van der Waals surface area contributed by atoms with Crippen LogP contribution in [0.4, 0.5) is 0 Å². The van der Waals surface area contributed by atoms with Gasteiger partial charge < -0.3 is 19.5 Å². The molecular weight excluding hydrogens is 416 g/mol. The van der Waals surface area contributed by atoms with Gasteiger partial charge >= 0.3 is 0 Å². The van der Waals surface area contributed by atoms with Crippen molar-refractivity contribution in [3.8, 4) is 0 Å². The van der Waals surface area contributed by atoms with Crippen molar-refractivity contribution >= 4 is 11.8 Å². The molecule has 1 aromatic heterocycles. The largest absolute Gasteiger partial charge is 0.365 e. The molecule has 1 saturated heterocycles. The molecule has 3 heterocycles. The van der Waals surface area contributed by atoms with Gasteiger partial charge in [0.1, 0.15) is 6.10 Å². The quantitative estimate of drug-likeness (QED) is 0.718. The second-order valence-electron chi connectivity index (χ2n) is 9.67. The number of ether oxygens (including phenoxy) is 1. The van der Waals surface area contributed by atoms with Crippen LogP contribution in [0.1, 0.15) is 79.2 Å². The van der Waals surface area contributed by atoms with E-state index in [1.807, 2.05) is 27.7 Å². The lowest BCUT2D eigenvalue weighted by atomic mass is 9.94. The minimum Gasteiger partial charge on any atom is -0.365 e. The van der Waals surface area contributed by atoms with Crippen LogP contribution in [0, 0.1) is 5.92 Å². The second-order valence-corrected chi connectivity index (χ2v) is 9.67. The monoisotopic (exact) mass is 450 g/mol. The number of carbonyl (C=O) groups excluding carboxylic acids is 2. The Bertz CT molecular complexity index is 957. The van der Waals surface area contributed by atoms with Gasteiger partial charge in [-0.1, -0.05) is 56.0 Å². The van der Waals surface area contributed by atoms with E-state index >= 15 is 0 Å². The summed E-state index contributed by atoms with van der Waals surface area (Å²) in [6.07, 6.45) is 10.3. The summed E-state index contributed by atoms with van der Waals surface area (Å²) in [5.74, 6) is 0.130. The maximum Gasteiger partial charge on any atom is 0.274 e. The molecule has 0 spiro atoms. The fourth-order valence-corrected chi connectivity index (χ4v) is 5.41. The molecule has 7 nitrogen and oxygen atoms in total. The fraction of sp³-hybridized carbons (Fsp3) is 0.577. The number of hydrogen-bond acceptors (Lipinski definition) is 4. The van der Waals surface area contributed by atoms with Crippen molar-refractivity contribution in [3.63, 3.8) is 0 Å². The van der Waals surface area contributed by atoms with Crippen molar-refractivity contribution < 1.29 is 14.3 Å². The summed E-state index contributed by atoms with van der Waals surface area (Å²) in [5, 5.41) is 3.28. The predicted molar refractivity (Wildman–Crippen MR) is 124 cm³/mol. The lowest BCUT2D eigenvalue weighted by Crippen LogP contribution is -2.45. The molecule has 1 aliphatic carbocycles. The average Bonchev–Trinajstić information content (AvgIpc) is 3.12. The summed E-state index contributed by atoms with van der Waals surface area (Å²) in [6, 6.07) is 10.5. The second kappa shape index (κ2) is 10.1. The maximum absolute atomic E-state index is 13.2. The normalized spacial score (nSPS) is 22.4. The van der Waals surface area contributed by atoms with Crippen molar-refractivity contribution in [2.45, 2.75) is 76.7 Å². The van der Waals surface area contributed by atoms with E-state index in [1.165, 1.54) is 25.7 Å². The van der Waals surface area contributed by atoms with Crippen LogP contribution in [0.3, 0.4) is 0 Å². The number of hydrogen-bond donors (Lipinski definition) is 1. The highest BCUT2D eigenvalue weighted by atomic mass is 16.5. The highest BCUT2D eigenvalue weighted by Gasteiger charge is 2.32. The molecule has 2 aliphatic heterocycles. The summed E-state index contributed by atoms with van der Waals surface area (Å²) >= 11 is 0. The summed E-state index contributed by atoms with van der Waals surface area (Å²) in [5.41, 5.74) is 2.47. The number of fused-ring (bicyclic) bond motifs is 1. The Morgan fingerprint density at radius 1 is 0.970 bits per heavy atom. The number of rotatable bonds is 4. The smallest absolute Gasteiger partial charge is 0.274 e. The van der Waals surface area contributed by atoms with E-state index in [1.54, 1.807) is 6.33 Å². The van der Waals surface area contributed by atoms with Crippen LogP contribution in [0.5, 0.6) is 0 Å². The van der Waals surface area contributed by atoms with E-state index in [2.05, 4.69) is 22.4 Å². The lowest BCUT2D eigenvalue weighted by Gasteiger charge is -2.32. The first-order chi connectivity index (χ1) is 16.2. The highest BCUT2D eigenvalue weighted by molar-refractivity contribution is 5.93. The minimum absolute atomic E-state index is 0.00294.